The van der Waals surface area contributed by atoms with Crippen LogP contribution in [0.25, 0.3) is 0 Å². The van der Waals surface area contributed by atoms with Crippen LogP contribution in [-0.4, -0.2) is 12.4 Å². The third-order valence-electron chi connectivity index (χ3n) is 3.14. The molecule has 0 fully saturated rings. The Kier molecular flexibility index (Phi) is 5.54. The number of benzene rings is 2. The molecule has 0 bridgehead atoms. The standard InChI is InChI=1S/C18H22OS/c1-14(2)17-10-9-15(3)13-18(17)19-11-12-20-16-7-5-4-6-8-16/h4-10,13-14H,11-12H2,1-3H3. The summed E-state index contributed by atoms with van der Waals surface area (Å²) in [5.41, 5.74) is 2.54. The van der Waals surface area contributed by atoms with Crippen LogP contribution in [0, 0.1) is 6.92 Å². The largest absolute Gasteiger partial charge is 0.492 e. The summed E-state index contributed by atoms with van der Waals surface area (Å²) in [4.78, 5) is 1.30. The summed E-state index contributed by atoms with van der Waals surface area (Å²) in [6.07, 6.45) is 0. The van der Waals surface area contributed by atoms with E-state index >= 15 is 0 Å². The molecule has 0 heterocycles. The Hall–Kier alpha value is -1.41. The molecule has 0 saturated carbocycles. The first kappa shape index (κ1) is 15.0. The van der Waals surface area contributed by atoms with Crippen molar-refractivity contribution in [3.05, 3.63) is 59.7 Å². The molecule has 106 valence electrons. The average Bonchev–Trinajstić information content (AvgIpc) is 2.44. The van der Waals surface area contributed by atoms with Gasteiger partial charge < -0.3 is 4.74 Å². The SMILES string of the molecule is Cc1ccc(C(C)C)c(OCCSc2ccccc2)c1. The maximum absolute atomic E-state index is 5.98. The van der Waals surface area contributed by atoms with E-state index in [9.17, 15) is 0 Å². The summed E-state index contributed by atoms with van der Waals surface area (Å²) in [6.45, 7) is 7.25. The molecule has 0 spiro atoms. The van der Waals surface area contributed by atoms with E-state index in [1.54, 1.807) is 0 Å². The van der Waals surface area contributed by atoms with E-state index in [0.29, 0.717) is 5.92 Å². The van der Waals surface area contributed by atoms with Gasteiger partial charge in [0.2, 0.25) is 0 Å². The van der Waals surface area contributed by atoms with Crippen molar-refractivity contribution in [2.45, 2.75) is 31.6 Å². The third-order valence-corrected chi connectivity index (χ3v) is 4.12. The molecule has 0 saturated heterocycles. The van der Waals surface area contributed by atoms with E-state index in [0.717, 1.165) is 18.1 Å². The predicted molar refractivity (Wildman–Crippen MR) is 87.9 cm³/mol. The Bertz CT molecular complexity index is 534. The topological polar surface area (TPSA) is 9.23 Å². The molecule has 0 radical (unpaired) electrons. The predicted octanol–water partition coefficient (Wildman–Crippen LogP) is 5.29. The van der Waals surface area contributed by atoms with Gasteiger partial charge in [0.15, 0.2) is 0 Å². The monoisotopic (exact) mass is 286 g/mol. The van der Waals surface area contributed by atoms with Crippen LogP contribution in [0.15, 0.2) is 53.4 Å². The highest BCUT2D eigenvalue weighted by Gasteiger charge is 2.07. The molecule has 2 heteroatoms. The smallest absolute Gasteiger partial charge is 0.123 e. The van der Waals surface area contributed by atoms with Gasteiger partial charge in [-0.3, -0.25) is 0 Å². The molecular weight excluding hydrogens is 264 g/mol. The second-order valence-corrected chi connectivity index (χ2v) is 6.37. The molecule has 1 nitrogen and oxygen atoms in total. The minimum Gasteiger partial charge on any atom is -0.492 e. The van der Waals surface area contributed by atoms with Gasteiger partial charge >= 0.3 is 0 Å². The first-order chi connectivity index (χ1) is 9.66. The zero-order chi connectivity index (χ0) is 14.4. The molecule has 0 aliphatic heterocycles. The van der Waals surface area contributed by atoms with Gasteiger partial charge in [-0.2, -0.15) is 0 Å². The van der Waals surface area contributed by atoms with Crippen LogP contribution in [-0.2, 0) is 0 Å². The van der Waals surface area contributed by atoms with Crippen molar-refractivity contribution in [3.63, 3.8) is 0 Å². The van der Waals surface area contributed by atoms with Crippen LogP contribution in [0.1, 0.15) is 30.9 Å². The van der Waals surface area contributed by atoms with Gasteiger partial charge in [-0.05, 0) is 42.2 Å². The first-order valence-corrected chi connectivity index (χ1v) is 8.06. The lowest BCUT2D eigenvalue weighted by molar-refractivity contribution is 0.338. The lowest BCUT2D eigenvalue weighted by atomic mass is 10.0. The van der Waals surface area contributed by atoms with E-state index in [1.807, 2.05) is 17.8 Å². The Morgan fingerprint density at radius 1 is 1.05 bits per heavy atom. The fourth-order valence-corrected chi connectivity index (χ4v) is 2.82. The quantitative estimate of drug-likeness (QED) is 0.527. The summed E-state index contributed by atoms with van der Waals surface area (Å²) >= 11 is 1.83. The summed E-state index contributed by atoms with van der Waals surface area (Å²) < 4.78 is 5.98. The molecule has 0 N–H and O–H groups in total. The fourth-order valence-electron chi connectivity index (χ4n) is 2.07. The summed E-state index contributed by atoms with van der Waals surface area (Å²) in [7, 11) is 0. The maximum atomic E-state index is 5.98. The number of rotatable bonds is 6. The number of ether oxygens (including phenoxy) is 1. The Balaban J connectivity index is 1.89. The molecular formula is C18H22OS. The van der Waals surface area contributed by atoms with Crippen LogP contribution in [0.5, 0.6) is 5.75 Å². The Morgan fingerprint density at radius 2 is 1.80 bits per heavy atom. The number of aryl methyl sites for hydroxylation is 1. The number of hydrogen-bond acceptors (Lipinski definition) is 2. The molecule has 0 atom stereocenters. The molecule has 0 unspecified atom stereocenters. The van der Waals surface area contributed by atoms with Gasteiger partial charge in [0.1, 0.15) is 5.75 Å². The molecule has 0 aromatic heterocycles. The van der Waals surface area contributed by atoms with Crippen LogP contribution in [0.4, 0.5) is 0 Å². The van der Waals surface area contributed by atoms with Crippen molar-refractivity contribution in [3.8, 4) is 5.75 Å². The molecule has 0 amide bonds. The molecule has 20 heavy (non-hydrogen) atoms. The van der Waals surface area contributed by atoms with Crippen LogP contribution < -0.4 is 4.74 Å². The number of thioether (sulfide) groups is 1. The molecule has 0 aliphatic carbocycles. The van der Waals surface area contributed by atoms with Gasteiger partial charge in [0.05, 0.1) is 6.61 Å². The first-order valence-electron chi connectivity index (χ1n) is 7.08. The summed E-state index contributed by atoms with van der Waals surface area (Å²) in [5, 5.41) is 0. The van der Waals surface area contributed by atoms with Crippen LogP contribution in [0.3, 0.4) is 0 Å². The second kappa shape index (κ2) is 7.39. The van der Waals surface area contributed by atoms with E-state index in [2.05, 4.69) is 63.2 Å². The van der Waals surface area contributed by atoms with E-state index in [1.165, 1.54) is 16.0 Å². The van der Waals surface area contributed by atoms with Gasteiger partial charge in [-0.15, -0.1) is 11.8 Å². The summed E-state index contributed by atoms with van der Waals surface area (Å²) in [6, 6.07) is 16.9. The van der Waals surface area contributed by atoms with E-state index in [4.69, 9.17) is 4.74 Å². The molecule has 2 aromatic carbocycles. The van der Waals surface area contributed by atoms with E-state index < -0.39 is 0 Å². The lowest BCUT2D eigenvalue weighted by Crippen LogP contribution is -2.03. The fraction of sp³-hybridized carbons (Fsp3) is 0.333. The highest BCUT2D eigenvalue weighted by atomic mass is 32.2. The van der Waals surface area contributed by atoms with Crippen LogP contribution in [0.2, 0.25) is 0 Å². The zero-order valence-corrected chi connectivity index (χ0v) is 13.2. The minimum atomic E-state index is 0.493. The van der Waals surface area contributed by atoms with Crippen molar-refractivity contribution >= 4 is 11.8 Å². The molecule has 2 aromatic rings. The second-order valence-electron chi connectivity index (χ2n) is 5.21. The Morgan fingerprint density at radius 3 is 2.50 bits per heavy atom. The third kappa shape index (κ3) is 4.31. The van der Waals surface area contributed by atoms with Crippen molar-refractivity contribution in [1.82, 2.24) is 0 Å². The minimum absolute atomic E-state index is 0.493. The van der Waals surface area contributed by atoms with Gasteiger partial charge in [0, 0.05) is 10.6 Å². The maximum Gasteiger partial charge on any atom is 0.123 e. The van der Waals surface area contributed by atoms with Crippen molar-refractivity contribution in [1.29, 1.82) is 0 Å². The van der Waals surface area contributed by atoms with Crippen molar-refractivity contribution in [2.75, 3.05) is 12.4 Å². The van der Waals surface area contributed by atoms with E-state index in [-0.39, 0.29) is 0 Å². The lowest BCUT2D eigenvalue weighted by Gasteiger charge is -2.14. The Labute approximate surface area is 126 Å². The van der Waals surface area contributed by atoms with Crippen molar-refractivity contribution in [2.24, 2.45) is 0 Å². The van der Waals surface area contributed by atoms with Crippen molar-refractivity contribution < 1.29 is 4.74 Å². The highest BCUT2D eigenvalue weighted by Crippen LogP contribution is 2.28. The van der Waals surface area contributed by atoms with Gasteiger partial charge in [-0.25, -0.2) is 0 Å². The highest BCUT2D eigenvalue weighted by molar-refractivity contribution is 7.99. The molecule has 0 aliphatic rings. The average molecular weight is 286 g/mol. The summed E-state index contributed by atoms with van der Waals surface area (Å²) in [5.74, 6) is 2.50. The molecule has 2 rings (SSSR count). The van der Waals surface area contributed by atoms with Gasteiger partial charge in [0.25, 0.3) is 0 Å². The van der Waals surface area contributed by atoms with Gasteiger partial charge in [-0.1, -0.05) is 44.2 Å². The normalized spacial score (nSPS) is 10.8. The van der Waals surface area contributed by atoms with Crippen LogP contribution >= 0.6 is 11.8 Å². The zero-order valence-electron chi connectivity index (χ0n) is 12.4. The number of hydrogen-bond donors (Lipinski definition) is 0.